The van der Waals surface area contributed by atoms with Crippen LogP contribution >= 0.6 is 0 Å². The Morgan fingerprint density at radius 3 is 2.44 bits per heavy atom. The highest BCUT2D eigenvalue weighted by atomic mass is 16.1. The van der Waals surface area contributed by atoms with Crippen LogP contribution < -0.4 is 11.3 Å². The van der Waals surface area contributed by atoms with Crippen molar-refractivity contribution in [3.8, 4) is 0 Å². The second-order valence-electron chi connectivity index (χ2n) is 5.62. The average molecular weight is 223 g/mol. The number of hydrogen-bond acceptors (Lipinski definition) is 3. The van der Waals surface area contributed by atoms with Gasteiger partial charge in [0.05, 0.1) is 5.69 Å². The molecule has 4 nitrogen and oxygen atoms in total. The lowest BCUT2D eigenvalue weighted by Gasteiger charge is -2.19. The van der Waals surface area contributed by atoms with E-state index in [1.54, 1.807) is 6.07 Å². The van der Waals surface area contributed by atoms with E-state index in [4.69, 9.17) is 5.73 Å². The molecule has 1 heterocycles. The third-order valence-electron chi connectivity index (χ3n) is 2.31. The molecule has 0 aliphatic carbocycles. The summed E-state index contributed by atoms with van der Waals surface area (Å²) < 4.78 is 1.47. The van der Waals surface area contributed by atoms with Gasteiger partial charge >= 0.3 is 0 Å². The van der Waals surface area contributed by atoms with Crippen LogP contribution in [-0.4, -0.2) is 9.78 Å². The highest BCUT2D eigenvalue weighted by Gasteiger charge is 2.18. The summed E-state index contributed by atoms with van der Waals surface area (Å²) in [5.74, 6) is 0.375. The second-order valence-corrected chi connectivity index (χ2v) is 5.62. The van der Waals surface area contributed by atoms with Crippen molar-refractivity contribution in [3.63, 3.8) is 0 Å². The Morgan fingerprint density at radius 1 is 1.44 bits per heavy atom. The lowest BCUT2D eigenvalue weighted by atomic mass is 9.92. The van der Waals surface area contributed by atoms with E-state index in [9.17, 15) is 4.79 Å². The number of rotatable bonds is 2. The van der Waals surface area contributed by atoms with E-state index in [-0.39, 0.29) is 16.7 Å². The molecule has 0 unspecified atom stereocenters. The fraction of sp³-hybridized carbons (Fsp3) is 0.667. The van der Waals surface area contributed by atoms with Gasteiger partial charge in [-0.3, -0.25) is 4.79 Å². The van der Waals surface area contributed by atoms with Crippen molar-refractivity contribution in [1.82, 2.24) is 9.78 Å². The Labute approximate surface area is 96.5 Å². The van der Waals surface area contributed by atoms with E-state index in [0.29, 0.717) is 12.5 Å². The highest BCUT2D eigenvalue weighted by molar-refractivity contribution is 5.37. The number of nitrogen functional groups attached to an aromatic ring is 1. The van der Waals surface area contributed by atoms with Gasteiger partial charge in [0.2, 0.25) is 0 Å². The van der Waals surface area contributed by atoms with Crippen molar-refractivity contribution >= 4 is 5.69 Å². The van der Waals surface area contributed by atoms with Crippen LogP contribution in [0.2, 0.25) is 0 Å². The molecule has 1 aromatic heterocycles. The molecule has 0 saturated heterocycles. The largest absolute Gasteiger partial charge is 0.394 e. The summed E-state index contributed by atoms with van der Waals surface area (Å²) in [6, 6.07) is 1.68. The van der Waals surface area contributed by atoms with Gasteiger partial charge in [-0.1, -0.05) is 34.6 Å². The van der Waals surface area contributed by atoms with Crippen LogP contribution in [0.4, 0.5) is 5.69 Å². The van der Waals surface area contributed by atoms with Crippen molar-refractivity contribution in [2.24, 2.45) is 5.92 Å². The molecule has 0 spiro atoms. The fourth-order valence-corrected chi connectivity index (χ4v) is 1.40. The van der Waals surface area contributed by atoms with Crippen LogP contribution in [0.25, 0.3) is 0 Å². The minimum atomic E-state index is -0.193. The molecule has 90 valence electrons. The molecule has 0 aromatic carbocycles. The molecule has 2 N–H and O–H groups in total. The molecule has 0 aliphatic heterocycles. The van der Waals surface area contributed by atoms with Gasteiger partial charge in [-0.15, -0.1) is 0 Å². The number of hydrogen-bond donors (Lipinski definition) is 1. The molecule has 0 amide bonds. The topological polar surface area (TPSA) is 60.9 Å². The maximum absolute atomic E-state index is 11.8. The van der Waals surface area contributed by atoms with Crippen LogP contribution in [0.1, 0.15) is 40.3 Å². The fourth-order valence-electron chi connectivity index (χ4n) is 1.40. The summed E-state index contributed by atoms with van der Waals surface area (Å²) in [7, 11) is 0. The highest BCUT2D eigenvalue weighted by Crippen LogP contribution is 2.19. The zero-order valence-electron chi connectivity index (χ0n) is 10.7. The van der Waals surface area contributed by atoms with Crippen molar-refractivity contribution in [2.45, 2.75) is 46.6 Å². The van der Waals surface area contributed by atoms with Gasteiger partial charge in [0.15, 0.2) is 0 Å². The van der Waals surface area contributed by atoms with E-state index in [1.807, 2.05) is 13.8 Å². The Balaban J connectivity index is 3.28. The standard InChI is InChI=1S/C12H21N3O/c1-8(2)7-15-11(16)9(13)6-10(14-15)12(3,4)5/h6,8H,7,13H2,1-5H3. The van der Waals surface area contributed by atoms with Gasteiger partial charge in [-0.25, -0.2) is 4.68 Å². The van der Waals surface area contributed by atoms with E-state index in [0.717, 1.165) is 5.69 Å². The molecule has 0 saturated carbocycles. The monoisotopic (exact) mass is 223 g/mol. The predicted octanol–water partition coefficient (Wildman–Crippen LogP) is 1.78. The molecule has 0 radical (unpaired) electrons. The first-order chi connectivity index (χ1) is 7.21. The Morgan fingerprint density at radius 2 is 2.00 bits per heavy atom. The number of nitrogens with two attached hydrogens (primary N) is 1. The molecular formula is C12H21N3O. The molecule has 0 fully saturated rings. The first-order valence-electron chi connectivity index (χ1n) is 5.60. The minimum Gasteiger partial charge on any atom is -0.394 e. The quantitative estimate of drug-likeness (QED) is 0.831. The first kappa shape index (κ1) is 12.7. The van der Waals surface area contributed by atoms with Crippen molar-refractivity contribution < 1.29 is 0 Å². The predicted molar refractivity (Wildman–Crippen MR) is 66.4 cm³/mol. The molecule has 0 bridgehead atoms. The van der Waals surface area contributed by atoms with Crippen LogP contribution in [0.15, 0.2) is 10.9 Å². The molecule has 4 heteroatoms. The maximum Gasteiger partial charge on any atom is 0.289 e. The number of nitrogens with zero attached hydrogens (tertiary/aromatic N) is 2. The SMILES string of the molecule is CC(C)Cn1nc(C(C)(C)C)cc(N)c1=O. The minimum absolute atomic E-state index is 0.0967. The zero-order valence-corrected chi connectivity index (χ0v) is 10.7. The van der Waals surface area contributed by atoms with Crippen molar-refractivity contribution in [1.29, 1.82) is 0 Å². The Hall–Kier alpha value is -1.32. The van der Waals surface area contributed by atoms with Gasteiger partial charge in [-0.2, -0.15) is 5.10 Å². The maximum atomic E-state index is 11.8. The average Bonchev–Trinajstić information content (AvgIpc) is 2.10. The van der Waals surface area contributed by atoms with Gasteiger partial charge < -0.3 is 5.73 Å². The summed E-state index contributed by atoms with van der Waals surface area (Å²) in [5.41, 5.74) is 6.56. The summed E-state index contributed by atoms with van der Waals surface area (Å²) in [6.45, 7) is 10.9. The van der Waals surface area contributed by atoms with E-state index >= 15 is 0 Å². The normalized spacial score (nSPS) is 12.1. The first-order valence-corrected chi connectivity index (χ1v) is 5.60. The van der Waals surface area contributed by atoms with E-state index in [2.05, 4.69) is 25.9 Å². The number of anilines is 1. The zero-order chi connectivity index (χ0) is 12.5. The van der Waals surface area contributed by atoms with Crippen molar-refractivity contribution in [2.75, 3.05) is 5.73 Å². The molecule has 16 heavy (non-hydrogen) atoms. The lowest BCUT2D eigenvalue weighted by molar-refractivity contribution is 0.440. The molecule has 0 atom stereocenters. The lowest BCUT2D eigenvalue weighted by Crippen LogP contribution is -2.30. The summed E-state index contributed by atoms with van der Waals surface area (Å²) in [6.07, 6.45) is 0. The van der Waals surface area contributed by atoms with E-state index < -0.39 is 0 Å². The van der Waals surface area contributed by atoms with Crippen LogP contribution in [0, 0.1) is 5.92 Å². The smallest absolute Gasteiger partial charge is 0.289 e. The summed E-state index contributed by atoms with van der Waals surface area (Å²) in [4.78, 5) is 11.8. The third kappa shape index (κ3) is 2.84. The summed E-state index contributed by atoms with van der Waals surface area (Å²) >= 11 is 0. The molecule has 1 aromatic rings. The second kappa shape index (κ2) is 4.28. The van der Waals surface area contributed by atoms with Crippen LogP contribution in [0.3, 0.4) is 0 Å². The van der Waals surface area contributed by atoms with Crippen molar-refractivity contribution in [3.05, 3.63) is 22.1 Å². The van der Waals surface area contributed by atoms with Gasteiger partial charge in [0.25, 0.3) is 5.56 Å². The molecule has 1 rings (SSSR count). The Kier molecular flexibility index (Phi) is 3.41. The van der Waals surface area contributed by atoms with Gasteiger partial charge in [0.1, 0.15) is 5.69 Å². The third-order valence-corrected chi connectivity index (χ3v) is 2.31. The van der Waals surface area contributed by atoms with Crippen LogP contribution in [-0.2, 0) is 12.0 Å². The van der Waals surface area contributed by atoms with Crippen LogP contribution in [0.5, 0.6) is 0 Å². The van der Waals surface area contributed by atoms with Gasteiger partial charge in [0, 0.05) is 12.0 Å². The molecular weight excluding hydrogens is 202 g/mol. The molecule has 0 aliphatic rings. The Bertz CT molecular complexity index is 427. The van der Waals surface area contributed by atoms with E-state index in [1.165, 1.54) is 4.68 Å². The number of aromatic nitrogens is 2. The summed E-state index contributed by atoms with van der Waals surface area (Å²) in [5, 5.41) is 4.37. The van der Waals surface area contributed by atoms with Gasteiger partial charge in [-0.05, 0) is 12.0 Å².